The quantitative estimate of drug-likeness (QED) is 0.591. The summed E-state index contributed by atoms with van der Waals surface area (Å²) in [4.78, 5) is 13.2. The van der Waals surface area contributed by atoms with Crippen LogP contribution in [0.4, 0.5) is 11.4 Å². The van der Waals surface area contributed by atoms with Crippen LogP contribution in [0.1, 0.15) is 31.4 Å². The van der Waals surface area contributed by atoms with Gasteiger partial charge in [0.15, 0.2) is 0 Å². The Balaban J connectivity index is 1.76. The standard InChI is InChI=1S/C20H21Cl3N2O/c1-13(17-4-2-15(21)10-19(17)23)24-20-11-16(3-5-18(20)22)25-8-6-14(12-26)7-9-25/h2-5,10-14,24H,6-9H2,1H3. The van der Waals surface area contributed by atoms with Crippen LogP contribution in [0.25, 0.3) is 0 Å². The number of carbonyl (C=O) groups excluding carboxylic acids is 1. The number of nitrogens with one attached hydrogen (secondary N) is 1. The Bertz CT molecular complexity index is 789. The second kappa shape index (κ2) is 8.51. The second-order valence-corrected chi connectivity index (χ2v) is 7.91. The molecular weight excluding hydrogens is 391 g/mol. The zero-order valence-corrected chi connectivity index (χ0v) is 16.8. The van der Waals surface area contributed by atoms with E-state index in [0.717, 1.165) is 49.2 Å². The van der Waals surface area contributed by atoms with Gasteiger partial charge in [-0.15, -0.1) is 0 Å². The Labute approximate surface area is 169 Å². The van der Waals surface area contributed by atoms with Gasteiger partial charge >= 0.3 is 0 Å². The van der Waals surface area contributed by atoms with Gasteiger partial charge in [-0.3, -0.25) is 0 Å². The zero-order chi connectivity index (χ0) is 18.7. The zero-order valence-electron chi connectivity index (χ0n) is 14.5. The van der Waals surface area contributed by atoms with Crippen molar-refractivity contribution in [2.24, 2.45) is 5.92 Å². The third kappa shape index (κ3) is 4.46. The molecule has 3 nitrogen and oxygen atoms in total. The van der Waals surface area contributed by atoms with Crippen LogP contribution in [0.2, 0.25) is 15.1 Å². The lowest BCUT2D eigenvalue weighted by molar-refractivity contribution is -0.111. The lowest BCUT2D eigenvalue weighted by atomic mass is 9.98. The molecule has 1 N–H and O–H groups in total. The fraction of sp³-hybridized carbons (Fsp3) is 0.350. The molecule has 26 heavy (non-hydrogen) atoms. The van der Waals surface area contributed by atoms with Gasteiger partial charge < -0.3 is 15.0 Å². The van der Waals surface area contributed by atoms with Crippen LogP contribution in [-0.4, -0.2) is 19.4 Å². The van der Waals surface area contributed by atoms with Crippen molar-refractivity contribution in [1.82, 2.24) is 0 Å². The van der Waals surface area contributed by atoms with Gasteiger partial charge in [-0.2, -0.15) is 0 Å². The maximum absolute atomic E-state index is 10.9. The average molecular weight is 412 g/mol. The number of piperidine rings is 1. The Morgan fingerprint density at radius 3 is 2.46 bits per heavy atom. The summed E-state index contributed by atoms with van der Waals surface area (Å²) in [5, 5.41) is 5.35. The van der Waals surface area contributed by atoms with E-state index in [0.29, 0.717) is 15.1 Å². The first kappa shape index (κ1) is 19.3. The molecule has 1 heterocycles. The summed E-state index contributed by atoms with van der Waals surface area (Å²) in [5.74, 6) is 0.184. The number of aldehydes is 1. The maximum atomic E-state index is 10.9. The van der Waals surface area contributed by atoms with Crippen molar-refractivity contribution in [3.63, 3.8) is 0 Å². The third-order valence-corrected chi connectivity index (χ3v) is 5.74. The van der Waals surface area contributed by atoms with Crippen LogP contribution < -0.4 is 10.2 Å². The molecule has 0 spiro atoms. The molecule has 1 fully saturated rings. The van der Waals surface area contributed by atoms with Gasteiger partial charge in [-0.25, -0.2) is 0 Å². The molecule has 3 rings (SSSR count). The highest BCUT2D eigenvalue weighted by Crippen LogP contribution is 2.34. The van der Waals surface area contributed by atoms with Gasteiger partial charge in [0, 0.05) is 34.7 Å². The fourth-order valence-corrected chi connectivity index (χ4v) is 4.02. The van der Waals surface area contributed by atoms with Crippen LogP contribution in [0.15, 0.2) is 36.4 Å². The van der Waals surface area contributed by atoms with Gasteiger partial charge in [0.2, 0.25) is 0 Å². The largest absolute Gasteiger partial charge is 0.377 e. The van der Waals surface area contributed by atoms with Crippen LogP contribution in [-0.2, 0) is 4.79 Å². The number of carbonyl (C=O) groups is 1. The minimum Gasteiger partial charge on any atom is -0.377 e. The number of halogens is 3. The first-order valence-electron chi connectivity index (χ1n) is 8.69. The van der Waals surface area contributed by atoms with Gasteiger partial charge in [0.05, 0.1) is 16.8 Å². The number of hydrogen-bond donors (Lipinski definition) is 1. The van der Waals surface area contributed by atoms with Crippen LogP contribution in [0, 0.1) is 5.92 Å². The molecule has 1 saturated heterocycles. The molecule has 0 saturated carbocycles. The molecule has 1 atom stereocenters. The van der Waals surface area contributed by atoms with Crippen molar-refractivity contribution in [2.75, 3.05) is 23.3 Å². The predicted molar refractivity (Wildman–Crippen MR) is 111 cm³/mol. The van der Waals surface area contributed by atoms with Gasteiger partial charge in [0.25, 0.3) is 0 Å². The summed E-state index contributed by atoms with van der Waals surface area (Å²) in [7, 11) is 0. The van der Waals surface area contributed by atoms with Gasteiger partial charge in [-0.1, -0.05) is 40.9 Å². The van der Waals surface area contributed by atoms with E-state index < -0.39 is 0 Å². The first-order valence-corrected chi connectivity index (χ1v) is 9.82. The highest BCUT2D eigenvalue weighted by Gasteiger charge is 2.20. The van der Waals surface area contributed by atoms with E-state index >= 15 is 0 Å². The molecule has 0 radical (unpaired) electrons. The van der Waals surface area contributed by atoms with Crippen LogP contribution in [0.3, 0.4) is 0 Å². The third-order valence-electron chi connectivity index (χ3n) is 4.85. The Kier molecular flexibility index (Phi) is 6.33. The molecule has 1 unspecified atom stereocenters. The summed E-state index contributed by atoms with van der Waals surface area (Å²) in [6.45, 7) is 3.79. The fourth-order valence-electron chi connectivity index (χ4n) is 3.28. The molecule has 2 aromatic rings. The molecule has 6 heteroatoms. The number of nitrogens with zero attached hydrogens (tertiary/aromatic N) is 1. The number of benzene rings is 2. The number of anilines is 2. The van der Waals surface area contributed by atoms with Crippen molar-refractivity contribution in [2.45, 2.75) is 25.8 Å². The monoisotopic (exact) mass is 410 g/mol. The molecule has 2 aromatic carbocycles. The van der Waals surface area contributed by atoms with Crippen molar-refractivity contribution in [1.29, 1.82) is 0 Å². The van der Waals surface area contributed by atoms with Crippen molar-refractivity contribution in [3.8, 4) is 0 Å². The molecule has 1 aliphatic rings. The number of hydrogen-bond acceptors (Lipinski definition) is 3. The summed E-state index contributed by atoms with van der Waals surface area (Å²) in [6, 6.07) is 11.5. The first-order chi connectivity index (χ1) is 12.5. The van der Waals surface area contributed by atoms with Crippen LogP contribution in [0.5, 0.6) is 0 Å². The Morgan fingerprint density at radius 1 is 1.08 bits per heavy atom. The van der Waals surface area contributed by atoms with E-state index in [-0.39, 0.29) is 12.0 Å². The van der Waals surface area contributed by atoms with E-state index in [1.165, 1.54) is 0 Å². The highest BCUT2D eigenvalue weighted by molar-refractivity contribution is 6.35. The van der Waals surface area contributed by atoms with E-state index in [1.54, 1.807) is 6.07 Å². The van der Waals surface area contributed by atoms with E-state index in [9.17, 15) is 4.79 Å². The predicted octanol–water partition coefficient (Wildman–Crippen LogP) is 6.24. The summed E-state index contributed by atoms with van der Waals surface area (Å²) in [5.41, 5.74) is 2.93. The minimum absolute atomic E-state index is 0.0201. The van der Waals surface area contributed by atoms with Crippen molar-refractivity contribution in [3.05, 3.63) is 57.0 Å². The molecule has 0 amide bonds. The van der Waals surface area contributed by atoms with Crippen molar-refractivity contribution < 1.29 is 4.79 Å². The minimum atomic E-state index is -0.0201. The van der Waals surface area contributed by atoms with Crippen molar-refractivity contribution >= 4 is 52.5 Å². The normalized spacial score (nSPS) is 16.4. The van der Waals surface area contributed by atoms with Gasteiger partial charge in [-0.05, 0) is 55.7 Å². The molecule has 0 aliphatic carbocycles. The summed E-state index contributed by atoms with van der Waals surface area (Å²) < 4.78 is 0. The Morgan fingerprint density at radius 2 is 1.81 bits per heavy atom. The van der Waals surface area contributed by atoms with Crippen LogP contribution >= 0.6 is 34.8 Å². The molecule has 0 bridgehead atoms. The molecule has 138 valence electrons. The summed E-state index contributed by atoms with van der Waals surface area (Å²) >= 11 is 18.7. The Hall–Kier alpha value is -1.42. The molecule has 0 aromatic heterocycles. The molecular formula is C20H21Cl3N2O. The average Bonchev–Trinajstić information content (AvgIpc) is 2.63. The lowest BCUT2D eigenvalue weighted by Gasteiger charge is -2.32. The summed E-state index contributed by atoms with van der Waals surface area (Å²) in [6.07, 6.45) is 2.86. The lowest BCUT2D eigenvalue weighted by Crippen LogP contribution is -2.34. The number of rotatable bonds is 5. The van der Waals surface area contributed by atoms with E-state index in [4.69, 9.17) is 34.8 Å². The maximum Gasteiger partial charge on any atom is 0.123 e. The molecule has 1 aliphatic heterocycles. The van der Waals surface area contributed by atoms with E-state index in [1.807, 2.05) is 31.2 Å². The van der Waals surface area contributed by atoms with Gasteiger partial charge in [0.1, 0.15) is 6.29 Å². The highest BCUT2D eigenvalue weighted by atomic mass is 35.5. The smallest absolute Gasteiger partial charge is 0.123 e. The van der Waals surface area contributed by atoms with E-state index in [2.05, 4.69) is 16.3 Å². The SMILES string of the molecule is CC(Nc1cc(N2CCC(C=O)CC2)ccc1Cl)c1ccc(Cl)cc1Cl. The topological polar surface area (TPSA) is 32.3 Å². The second-order valence-electron chi connectivity index (χ2n) is 6.66.